The number of aromatic nitrogens is 4. The highest BCUT2D eigenvalue weighted by atomic mass is 16.6. The summed E-state index contributed by atoms with van der Waals surface area (Å²) in [5.74, 6) is -0.245. The molecule has 2 aromatic heterocycles. The van der Waals surface area contributed by atoms with Crippen LogP contribution in [0.3, 0.4) is 0 Å². The second-order valence-corrected chi connectivity index (χ2v) is 9.91. The Morgan fingerprint density at radius 2 is 1.85 bits per heavy atom. The number of nitrogens with zero attached hydrogens (tertiary/aromatic N) is 4. The van der Waals surface area contributed by atoms with Crippen molar-refractivity contribution >= 4 is 40.4 Å². The third kappa shape index (κ3) is 5.73. The van der Waals surface area contributed by atoms with E-state index in [1.54, 1.807) is 18.2 Å². The van der Waals surface area contributed by atoms with E-state index in [2.05, 4.69) is 30.9 Å². The average Bonchev–Trinajstić information content (AvgIpc) is 3.62. The molecule has 40 heavy (non-hydrogen) atoms. The summed E-state index contributed by atoms with van der Waals surface area (Å²) in [6, 6.07) is 5.27. The number of benzene rings is 1. The van der Waals surface area contributed by atoms with Crippen molar-refractivity contribution in [3.8, 4) is 0 Å². The summed E-state index contributed by atoms with van der Waals surface area (Å²) in [4.78, 5) is 48.6. The average molecular weight is 553 g/mol. The molecule has 0 radical (unpaired) electrons. The number of aliphatic hydroxyl groups is 2. The van der Waals surface area contributed by atoms with E-state index in [-0.39, 0.29) is 30.1 Å². The Labute approximate surface area is 229 Å². The lowest BCUT2D eigenvalue weighted by Gasteiger charge is -2.16. The van der Waals surface area contributed by atoms with Crippen molar-refractivity contribution < 1.29 is 29.3 Å². The molecule has 7 N–H and O–H groups in total. The van der Waals surface area contributed by atoms with E-state index in [4.69, 9.17) is 10.5 Å². The molecule has 3 aromatic rings. The summed E-state index contributed by atoms with van der Waals surface area (Å²) in [5, 5.41) is 29.4. The number of hydrogen-bond donors (Lipinski definition) is 6. The highest BCUT2D eigenvalue weighted by molar-refractivity contribution is 6.02. The van der Waals surface area contributed by atoms with Gasteiger partial charge in [-0.1, -0.05) is 18.9 Å². The molecule has 1 fully saturated rings. The summed E-state index contributed by atoms with van der Waals surface area (Å²) in [6.07, 6.45) is 1.98. The molecule has 0 saturated carbocycles. The van der Waals surface area contributed by atoms with Gasteiger partial charge in [-0.15, -0.1) is 0 Å². The van der Waals surface area contributed by atoms with Gasteiger partial charge in [0, 0.05) is 42.7 Å². The summed E-state index contributed by atoms with van der Waals surface area (Å²) in [6.45, 7) is 0.439. The van der Waals surface area contributed by atoms with E-state index in [9.17, 15) is 24.6 Å². The first-order chi connectivity index (χ1) is 19.3. The number of fused-ring (bicyclic) bond motifs is 2. The zero-order valence-corrected chi connectivity index (χ0v) is 21.7. The number of imidazole rings is 1. The van der Waals surface area contributed by atoms with Gasteiger partial charge in [-0.05, 0) is 25.0 Å². The molecule has 0 aliphatic carbocycles. The van der Waals surface area contributed by atoms with Gasteiger partial charge >= 0.3 is 0 Å². The Morgan fingerprint density at radius 1 is 1.07 bits per heavy atom. The van der Waals surface area contributed by atoms with E-state index < -0.39 is 24.5 Å². The van der Waals surface area contributed by atoms with E-state index in [0.29, 0.717) is 54.6 Å². The number of unbranched alkanes of at least 4 members (excludes halogenated alkanes) is 3. The van der Waals surface area contributed by atoms with Crippen LogP contribution in [0.15, 0.2) is 30.9 Å². The Hall–Kier alpha value is -4.14. The number of carbonyl (C=O) groups is 3. The van der Waals surface area contributed by atoms with Crippen molar-refractivity contribution in [2.24, 2.45) is 0 Å². The molecule has 1 saturated heterocycles. The number of aliphatic hydroxyl groups excluding tert-OH is 2. The van der Waals surface area contributed by atoms with Gasteiger partial charge in [-0.3, -0.25) is 19.0 Å². The van der Waals surface area contributed by atoms with Crippen LogP contribution in [-0.4, -0.2) is 72.3 Å². The van der Waals surface area contributed by atoms with Crippen LogP contribution in [0.1, 0.15) is 60.7 Å². The van der Waals surface area contributed by atoms with E-state index >= 15 is 0 Å². The van der Waals surface area contributed by atoms with Gasteiger partial charge in [0.25, 0.3) is 5.91 Å². The van der Waals surface area contributed by atoms with Gasteiger partial charge in [0.15, 0.2) is 17.7 Å². The number of carbonyl (C=O) groups excluding carboxylic acids is 3. The van der Waals surface area contributed by atoms with Crippen LogP contribution in [0.4, 0.5) is 11.5 Å². The normalized spacial score (nSPS) is 21.8. The van der Waals surface area contributed by atoms with Crippen molar-refractivity contribution in [1.82, 2.24) is 30.2 Å². The minimum absolute atomic E-state index is 0.0296. The Kier molecular flexibility index (Phi) is 8.19. The first-order valence-electron chi connectivity index (χ1n) is 13.2. The van der Waals surface area contributed by atoms with Crippen LogP contribution < -0.4 is 21.7 Å². The molecule has 5 rings (SSSR count). The van der Waals surface area contributed by atoms with Crippen LogP contribution in [0.2, 0.25) is 0 Å². The Balaban J connectivity index is 0.987. The monoisotopic (exact) mass is 552 g/mol. The number of nitrogens with two attached hydrogens (primary N) is 1. The summed E-state index contributed by atoms with van der Waals surface area (Å²) in [7, 11) is 0. The van der Waals surface area contributed by atoms with Crippen molar-refractivity contribution in [1.29, 1.82) is 0 Å². The van der Waals surface area contributed by atoms with Crippen LogP contribution >= 0.6 is 0 Å². The summed E-state index contributed by atoms with van der Waals surface area (Å²) < 4.78 is 7.31. The zero-order chi connectivity index (χ0) is 28.2. The van der Waals surface area contributed by atoms with Gasteiger partial charge in [0.1, 0.15) is 30.2 Å². The maximum absolute atomic E-state index is 12.3. The second kappa shape index (κ2) is 11.9. The standard InChI is InChI=1S/C26H32N8O6/c27-23-20-24(31-12-30-23)34(13-32-20)26-22(38)21(37)17(40-26)11-28-18(35)8-3-1-2-4-9-19(36)33-16-7-5-6-14-15(16)10-29-25(14)39/h5-7,12-13,17,21-22,26,37-38H,1-4,8-11H2,(H,28,35)(H,29,39)(H,33,36)(H2,27,30,31)/t17-,21-,22-,26-/m1/s1. The molecule has 1 aromatic carbocycles. The van der Waals surface area contributed by atoms with Crippen molar-refractivity contribution in [2.45, 2.75) is 69.6 Å². The van der Waals surface area contributed by atoms with Gasteiger partial charge in [0.2, 0.25) is 11.8 Å². The molecule has 14 heteroatoms. The molecule has 212 valence electrons. The van der Waals surface area contributed by atoms with Gasteiger partial charge in [-0.2, -0.15) is 0 Å². The molecule has 4 heterocycles. The SMILES string of the molecule is Nc1ncnc2c1ncn2[C@@H]1O[C@H](CNC(=O)CCCCCCC(=O)Nc2cccc3c2CNC3=O)[C@@H](O)[C@H]1O. The van der Waals surface area contributed by atoms with E-state index in [1.165, 1.54) is 17.2 Å². The number of anilines is 2. The maximum Gasteiger partial charge on any atom is 0.251 e. The number of nitrogen functional groups attached to an aromatic ring is 1. The van der Waals surface area contributed by atoms with E-state index in [0.717, 1.165) is 18.4 Å². The van der Waals surface area contributed by atoms with Gasteiger partial charge in [-0.25, -0.2) is 15.0 Å². The molecule has 0 unspecified atom stereocenters. The smallest absolute Gasteiger partial charge is 0.251 e. The molecule has 0 spiro atoms. The number of rotatable bonds is 11. The predicted molar refractivity (Wildman–Crippen MR) is 143 cm³/mol. The van der Waals surface area contributed by atoms with Crippen molar-refractivity contribution in [3.63, 3.8) is 0 Å². The Morgan fingerprint density at radius 3 is 2.65 bits per heavy atom. The number of amides is 3. The topological polar surface area (TPSA) is 207 Å². The van der Waals surface area contributed by atoms with Crippen molar-refractivity contribution in [2.75, 3.05) is 17.6 Å². The summed E-state index contributed by atoms with van der Waals surface area (Å²) >= 11 is 0. The van der Waals surface area contributed by atoms with Gasteiger partial charge in [0.05, 0.1) is 6.33 Å². The lowest BCUT2D eigenvalue weighted by molar-refractivity contribution is -0.122. The first-order valence-corrected chi connectivity index (χ1v) is 13.2. The fraction of sp³-hybridized carbons (Fsp3) is 0.462. The molecule has 2 aliphatic heterocycles. The third-order valence-corrected chi connectivity index (χ3v) is 7.18. The minimum Gasteiger partial charge on any atom is -0.387 e. The van der Waals surface area contributed by atoms with E-state index in [1.807, 2.05) is 0 Å². The summed E-state index contributed by atoms with van der Waals surface area (Å²) in [5.41, 5.74) is 8.59. The molecule has 2 aliphatic rings. The van der Waals surface area contributed by atoms with Gasteiger partial charge < -0.3 is 36.6 Å². The largest absolute Gasteiger partial charge is 0.387 e. The maximum atomic E-state index is 12.3. The molecule has 4 atom stereocenters. The molecule has 14 nitrogen and oxygen atoms in total. The van der Waals surface area contributed by atoms with Crippen molar-refractivity contribution in [3.05, 3.63) is 42.0 Å². The second-order valence-electron chi connectivity index (χ2n) is 9.91. The minimum atomic E-state index is -1.25. The quantitative estimate of drug-likeness (QED) is 0.180. The molecule has 3 amide bonds. The molecular weight excluding hydrogens is 520 g/mol. The zero-order valence-electron chi connectivity index (χ0n) is 21.7. The predicted octanol–water partition coefficient (Wildman–Crippen LogP) is 0.367. The highest BCUT2D eigenvalue weighted by Gasteiger charge is 2.44. The fourth-order valence-corrected chi connectivity index (χ4v) is 5.00. The van der Waals surface area contributed by atoms with Crippen LogP contribution in [0.25, 0.3) is 11.2 Å². The van der Waals surface area contributed by atoms with Crippen LogP contribution in [0, 0.1) is 0 Å². The first kappa shape index (κ1) is 27.4. The fourth-order valence-electron chi connectivity index (χ4n) is 5.00. The highest BCUT2D eigenvalue weighted by Crippen LogP contribution is 2.31. The van der Waals surface area contributed by atoms with Crippen LogP contribution in [0.5, 0.6) is 0 Å². The number of ether oxygens (including phenoxy) is 1. The number of hydrogen-bond acceptors (Lipinski definition) is 10. The third-order valence-electron chi connectivity index (χ3n) is 7.18. The Bertz CT molecular complexity index is 1410. The van der Waals surface area contributed by atoms with Crippen LogP contribution in [-0.2, 0) is 20.9 Å². The molecule has 0 bridgehead atoms. The lowest BCUT2D eigenvalue weighted by atomic mass is 10.1. The molecular formula is C26H32N8O6. The number of nitrogens with one attached hydrogen (secondary N) is 3. The lowest BCUT2D eigenvalue weighted by Crippen LogP contribution is -2.39.